The molecular weight excluding hydrogens is 510 g/mol. The van der Waals surface area contributed by atoms with E-state index in [0.717, 1.165) is 5.56 Å². The lowest BCUT2D eigenvalue weighted by Gasteiger charge is -2.39. The van der Waals surface area contributed by atoms with Crippen molar-refractivity contribution in [3.05, 3.63) is 137 Å². The van der Waals surface area contributed by atoms with Crippen molar-refractivity contribution in [1.82, 2.24) is 9.80 Å². The van der Waals surface area contributed by atoms with Crippen molar-refractivity contribution in [1.29, 1.82) is 5.26 Å². The molecule has 1 amide bonds. The fraction of sp³-hybridized carbons (Fsp3) is 0.200. The fourth-order valence-corrected chi connectivity index (χ4v) is 5.18. The predicted octanol–water partition coefficient (Wildman–Crippen LogP) is 6.11. The van der Waals surface area contributed by atoms with Gasteiger partial charge in [-0.15, -0.1) is 0 Å². The van der Waals surface area contributed by atoms with Crippen LogP contribution in [0.25, 0.3) is 6.08 Å². The van der Waals surface area contributed by atoms with Crippen LogP contribution in [0.5, 0.6) is 11.5 Å². The van der Waals surface area contributed by atoms with Crippen molar-refractivity contribution in [3.63, 3.8) is 0 Å². The summed E-state index contributed by atoms with van der Waals surface area (Å²) in [4.78, 5) is 17.6. The quantitative estimate of drug-likeness (QED) is 0.188. The average molecular weight is 544 g/mol. The molecule has 1 saturated heterocycles. The van der Waals surface area contributed by atoms with Gasteiger partial charge in [0.1, 0.15) is 18.2 Å². The Kier molecular flexibility index (Phi) is 9.10. The van der Waals surface area contributed by atoms with Crippen LogP contribution in [-0.2, 0) is 11.4 Å². The molecule has 41 heavy (non-hydrogen) atoms. The van der Waals surface area contributed by atoms with Crippen LogP contribution in [-0.4, -0.2) is 49.0 Å². The smallest absolute Gasteiger partial charge is 0.264 e. The Bertz CT molecular complexity index is 1470. The molecule has 1 fully saturated rings. The molecule has 0 aliphatic carbocycles. The third-order valence-corrected chi connectivity index (χ3v) is 7.28. The molecule has 0 N–H and O–H groups in total. The largest absolute Gasteiger partial charge is 0.493 e. The highest BCUT2D eigenvalue weighted by Gasteiger charge is 2.29. The van der Waals surface area contributed by atoms with E-state index in [9.17, 15) is 10.1 Å². The van der Waals surface area contributed by atoms with Crippen molar-refractivity contribution >= 4 is 12.0 Å². The van der Waals surface area contributed by atoms with Gasteiger partial charge in [0.25, 0.3) is 5.91 Å². The summed E-state index contributed by atoms with van der Waals surface area (Å²) < 4.78 is 11.5. The number of nitriles is 1. The standard InChI is InChI=1S/C35H33N3O3/c1-40-33-24-28(17-18-32(33)41-26-27-11-5-2-6-12-27)23-31(25-36)35(39)38-21-19-37(20-22-38)34(29-13-7-3-8-14-29)30-15-9-4-10-16-30/h2-18,23-24,34H,19-22,26H2,1H3/b31-23+. The molecule has 0 aromatic heterocycles. The summed E-state index contributed by atoms with van der Waals surface area (Å²) in [6.45, 7) is 2.92. The lowest BCUT2D eigenvalue weighted by molar-refractivity contribution is -0.128. The number of hydrogen-bond donors (Lipinski definition) is 0. The zero-order valence-electron chi connectivity index (χ0n) is 23.1. The summed E-state index contributed by atoms with van der Waals surface area (Å²) in [5.41, 5.74) is 4.30. The number of ether oxygens (including phenoxy) is 2. The van der Waals surface area contributed by atoms with Gasteiger partial charge in [0.15, 0.2) is 11.5 Å². The van der Waals surface area contributed by atoms with Crippen molar-refractivity contribution in [3.8, 4) is 17.6 Å². The van der Waals surface area contributed by atoms with Crippen LogP contribution in [0.4, 0.5) is 0 Å². The van der Waals surface area contributed by atoms with E-state index >= 15 is 0 Å². The molecule has 4 aromatic carbocycles. The number of carbonyl (C=O) groups excluding carboxylic acids is 1. The first kappa shape index (κ1) is 27.7. The molecule has 5 rings (SSSR count). The Morgan fingerprint density at radius 1 is 0.829 bits per heavy atom. The number of hydrogen-bond acceptors (Lipinski definition) is 5. The van der Waals surface area contributed by atoms with Gasteiger partial charge in [-0.25, -0.2) is 0 Å². The number of rotatable bonds is 9. The molecule has 0 radical (unpaired) electrons. The summed E-state index contributed by atoms with van der Waals surface area (Å²) >= 11 is 0. The van der Waals surface area contributed by atoms with E-state index in [1.807, 2.05) is 48.5 Å². The van der Waals surface area contributed by atoms with Crippen molar-refractivity contribution in [2.45, 2.75) is 12.6 Å². The molecule has 206 valence electrons. The highest BCUT2D eigenvalue weighted by atomic mass is 16.5. The van der Waals surface area contributed by atoms with Gasteiger partial charge in [-0.2, -0.15) is 5.26 Å². The van der Waals surface area contributed by atoms with Crippen LogP contribution in [0.15, 0.2) is 115 Å². The Balaban J connectivity index is 1.26. The zero-order valence-corrected chi connectivity index (χ0v) is 23.1. The summed E-state index contributed by atoms with van der Waals surface area (Å²) in [5, 5.41) is 9.89. The van der Waals surface area contributed by atoms with Crippen LogP contribution in [0, 0.1) is 11.3 Å². The van der Waals surface area contributed by atoms with E-state index in [2.05, 4.69) is 59.5 Å². The van der Waals surface area contributed by atoms with Crippen molar-refractivity contribution < 1.29 is 14.3 Å². The van der Waals surface area contributed by atoms with Crippen LogP contribution in [0.3, 0.4) is 0 Å². The molecule has 1 heterocycles. The topological polar surface area (TPSA) is 65.8 Å². The van der Waals surface area contributed by atoms with Crippen LogP contribution in [0.2, 0.25) is 0 Å². The molecule has 0 unspecified atom stereocenters. The lowest BCUT2D eigenvalue weighted by Crippen LogP contribution is -2.50. The first-order valence-corrected chi connectivity index (χ1v) is 13.8. The summed E-state index contributed by atoms with van der Waals surface area (Å²) in [5.74, 6) is 0.883. The maximum Gasteiger partial charge on any atom is 0.264 e. The van der Waals surface area contributed by atoms with E-state index in [0.29, 0.717) is 49.8 Å². The highest BCUT2D eigenvalue weighted by molar-refractivity contribution is 6.01. The molecule has 6 heteroatoms. The Labute approximate surface area is 241 Å². The number of carbonyl (C=O) groups is 1. The monoisotopic (exact) mass is 543 g/mol. The van der Waals surface area contributed by atoms with E-state index < -0.39 is 0 Å². The van der Waals surface area contributed by atoms with Crippen molar-refractivity contribution in [2.24, 2.45) is 0 Å². The first-order chi connectivity index (χ1) is 20.2. The minimum Gasteiger partial charge on any atom is -0.493 e. The van der Waals surface area contributed by atoms with E-state index in [-0.39, 0.29) is 17.5 Å². The van der Waals surface area contributed by atoms with Crippen LogP contribution >= 0.6 is 0 Å². The summed E-state index contributed by atoms with van der Waals surface area (Å²) in [7, 11) is 1.58. The summed E-state index contributed by atoms with van der Waals surface area (Å²) in [6, 6.07) is 38.4. The third-order valence-electron chi connectivity index (χ3n) is 7.28. The van der Waals surface area contributed by atoms with E-state index in [4.69, 9.17) is 9.47 Å². The first-order valence-electron chi connectivity index (χ1n) is 13.8. The van der Waals surface area contributed by atoms with Gasteiger partial charge in [-0.1, -0.05) is 97.1 Å². The van der Waals surface area contributed by atoms with Gasteiger partial charge in [-0.3, -0.25) is 9.69 Å². The molecule has 0 bridgehead atoms. The number of amides is 1. The van der Waals surface area contributed by atoms with Gasteiger partial charge in [0.05, 0.1) is 13.2 Å². The molecule has 0 atom stereocenters. The molecule has 6 nitrogen and oxygen atoms in total. The van der Waals surface area contributed by atoms with Gasteiger partial charge >= 0.3 is 0 Å². The predicted molar refractivity (Wildman–Crippen MR) is 160 cm³/mol. The molecule has 4 aromatic rings. The third kappa shape index (κ3) is 6.84. The van der Waals surface area contributed by atoms with Gasteiger partial charge in [-0.05, 0) is 40.5 Å². The highest BCUT2D eigenvalue weighted by Crippen LogP contribution is 2.31. The second-order valence-electron chi connectivity index (χ2n) is 9.91. The number of piperazine rings is 1. The number of nitrogens with zero attached hydrogens (tertiary/aromatic N) is 3. The second-order valence-corrected chi connectivity index (χ2v) is 9.91. The second kappa shape index (κ2) is 13.5. The Morgan fingerprint density at radius 2 is 1.41 bits per heavy atom. The molecule has 1 aliphatic heterocycles. The fourth-order valence-electron chi connectivity index (χ4n) is 5.18. The Hall–Kier alpha value is -4.86. The number of methoxy groups -OCH3 is 1. The van der Waals surface area contributed by atoms with Crippen LogP contribution < -0.4 is 9.47 Å². The SMILES string of the molecule is COc1cc(/C=C(\C#N)C(=O)N2CCN(C(c3ccccc3)c3ccccc3)CC2)ccc1OCc1ccccc1. The van der Waals surface area contributed by atoms with Gasteiger partial charge in [0.2, 0.25) is 0 Å². The minimum atomic E-state index is -0.258. The Morgan fingerprint density at radius 3 is 1.98 bits per heavy atom. The molecular formula is C35H33N3O3. The minimum absolute atomic E-state index is 0.0983. The average Bonchev–Trinajstić information content (AvgIpc) is 3.04. The number of benzene rings is 4. The van der Waals surface area contributed by atoms with E-state index in [1.54, 1.807) is 30.2 Å². The van der Waals surface area contributed by atoms with Crippen molar-refractivity contribution in [2.75, 3.05) is 33.3 Å². The maximum absolute atomic E-state index is 13.4. The zero-order chi connectivity index (χ0) is 28.4. The van der Waals surface area contributed by atoms with E-state index in [1.165, 1.54) is 11.1 Å². The van der Waals surface area contributed by atoms with Crippen LogP contribution in [0.1, 0.15) is 28.3 Å². The van der Waals surface area contributed by atoms with Gasteiger partial charge < -0.3 is 14.4 Å². The summed E-state index contributed by atoms with van der Waals surface area (Å²) in [6.07, 6.45) is 1.62. The molecule has 1 aliphatic rings. The molecule has 0 saturated carbocycles. The molecule has 0 spiro atoms. The van der Waals surface area contributed by atoms with Gasteiger partial charge in [0, 0.05) is 26.2 Å². The lowest BCUT2D eigenvalue weighted by atomic mass is 9.96. The maximum atomic E-state index is 13.4. The normalized spacial score (nSPS) is 14.0.